The molecule has 11 aromatic rings. The van der Waals surface area contributed by atoms with Crippen molar-refractivity contribution < 1.29 is 29.1 Å². The summed E-state index contributed by atoms with van der Waals surface area (Å²) >= 11 is 5.34. The predicted octanol–water partition coefficient (Wildman–Crippen LogP) is 29.5. The number of Topliss-reactive ketones (excluding diaryl/α,β-unsaturated/α-hetero) is 1. The van der Waals surface area contributed by atoms with E-state index >= 15 is 0 Å². The minimum atomic E-state index is -0.444. The van der Waals surface area contributed by atoms with Crippen LogP contribution in [0.1, 0.15) is 208 Å². The predicted molar refractivity (Wildman–Crippen MR) is 551 cm³/mol. The number of hydrogen-bond acceptors (Lipinski definition) is 10. The van der Waals surface area contributed by atoms with Crippen molar-refractivity contribution in [2.24, 2.45) is 23.7 Å². The largest absolute Gasteiger partial charge is 0.871 e. The third-order valence-corrected chi connectivity index (χ3v) is 24.7. The number of ketones is 1. The summed E-state index contributed by atoms with van der Waals surface area (Å²) in [5, 5.41) is 24.2. The van der Waals surface area contributed by atoms with Crippen LogP contribution in [-0.4, -0.2) is 34.5 Å². The summed E-state index contributed by atoms with van der Waals surface area (Å²) in [7, 11) is 0. The van der Waals surface area contributed by atoms with Gasteiger partial charge >= 0.3 is 0 Å². The number of benzene rings is 11. The van der Waals surface area contributed by atoms with Crippen molar-refractivity contribution in [1.82, 2.24) is 9.89 Å². The molecular weight excluding hydrogens is 1640 g/mol. The van der Waals surface area contributed by atoms with Crippen LogP contribution in [0.3, 0.4) is 0 Å². The van der Waals surface area contributed by atoms with E-state index in [1.807, 2.05) is 103 Å². The Morgan fingerprint density at radius 3 is 1.03 bits per heavy atom. The van der Waals surface area contributed by atoms with Crippen LogP contribution in [0.4, 0.5) is 79.6 Å². The Balaban J connectivity index is 0.000000229. The van der Waals surface area contributed by atoms with Crippen molar-refractivity contribution in [2.75, 3.05) is 31.1 Å². The number of nitrogens with two attached hydrogens (primary N) is 1. The Morgan fingerprint density at radius 2 is 0.687 bits per heavy atom. The van der Waals surface area contributed by atoms with Crippen molar-refractivity contribution in [3.05, 3.63) is 352 Å². The van der Waals surface area contributed by atoms with E-state index in [9.17, 15) is 29.1 Å². The van der Waals surface area contributed by atoms with Crippen molar-refractivity contribution >= 4 is 131 Å². The van der Waals surface area contributed by atoms with Crippen LogP contribution < -0.4 is 46.1 Å². The number of rotatable bonds is 35. The van der Waals surface area contributed by atoms with E-state index in [1.54, 1.807) is 12.1 Å². The van der Waals surface area contributed by atoms with Gasteiger partial charge in [0.2, 0.25) is 40.1 Å². The topological polar surface area (TPSA) is 183 Å². The first-order valence-electron chi connectivity index (χ1n) is 47.2. The number of amides is 3. The molecule has 14 nitrogen and oxygen atoms in total. The lowest BCUT2D eigenvalue weighted by Gasteiger charge is -2.35. The van der Waals surface area contributed by atoms with E-state index in [0.717, 1.165) is 192 Å². The molecule has 682 valence electrons. The van der Waals surface area contributed by atoms with Crippen LogP contribution in [0.2, 0.25) is 0 Å². The van der Waals surface area contributed by atoms with E-state index in [-0.39, 0.29) is 57.8 Å². The number of carbonyl (C=O) groups is 5. The van der Waals surface area contributed by atoms with Gasteiger partial charge in [-0.3, -0.25) is 24.0 Å². The second-order valence-electron chi connectivity index (χ2n) is 34.8. The molecule has 5 N–H and O–H groups in total. The Kier molecular flexibility index (Phi) is 38.1. The lowest BCUT2D eigenvalue weighted by molar-refractivity contribution is -0.297. The molecule has 0 heterocycles. The summed E-state index contributed by atoms with van der Waals surface area (Å²) in [4.78, 5) is 73.1. The van der Waals surface area contributed by atoms with Gasteiger partial charge in [0.1, 0.15) is 0 Å². The quantitative estimate of drug-likeness (QED) is 0.0129. The minimum Gasteiger partial charge on any atom is -0.871 e. The first kappa shape index (κ1) is 100. The lowest BCUT2D eigenvalue weighted by Crippen LogP contribution is -2.36. The normalized spacial score (nSPS) is 13.5. The molecule has 2 aliphatic rings. The average molecular weight is 1770 g/mol. The van der Waals surface area contributed by atoms with E-state index < -0.39 is 11.5 Å². The lowest BCUT2D eigenvalue weighted by atomic mass is 9.78. The van der Waals surface area contributed by atoms with Crippen LogP contribution in [0.25, 0.3) is 5.57 Å². The van der Waals surface area contributed by atoms with Crippen molar-refractivity contribution in [1.29, 1.82) is 0 Å². The van der Waals surface area contributed by atoms with Crippen molar-refractivity contribution in [2.45, 2.75) is 214 Å². The minimum absolute atomic E-state index is 0.00245. The van der Waals surface area contributed by atoms with Crippen LogP contribution >= 0.6 is 11.6 Å². The van der Waals surface area contributed by atoms with E-state index in [1.165, 1.54) is 22.3 Å². The number of carbonyl (C=O) groups excluding carboxylic acids is 5. The van der Waals surface area contributed by atoms with Gasteiger partial charge < -0.3 is 41.5 Å². The maximum Gasteiger partial charge on any atom is 0.227 e. The van der Waals surface area contributed by atoms with E-state index in [4.69, 9.17) is 17.3 Å². The van der Waals surface area contributed by atoms with Gasteiger partial charge in [0.15, 0.2) is 5.78 Å². The van der Waals surface area contributed by atoms with Gasteiger partial charge in [-0.15, -0.1) is 0 Å². The highest BCUT2D eigenvalue weighted by Crippen LogP contribution is 2.46. The fraction of sp³-hybridized carbons (Fsp3) is 0.310. The highest BCUT2D eigenvalue weighted by atomic mass is 35.5. The summed E-state index contributed by atoms with van der Waals surface area (Å²) < 4.78 is 2.11. The van der Waals surface area contributed by atoms with Gasteiger partial charge in [-0.25, -0.2) is 0 Å². The molecule has 11 aromatic carbocycles. The first-order valence-corrected chi connectivity index (χ1v) is 47.5. The number of aryl methyl sites for hydroxylation is 8. The number of nitrogen functional groups attached to an aromatic ring is 1. The number of allylic oxidation sites excluding steroid dienone is 5. The van der Waals surface area contributed by atoms with Crippen molar-refractivity contribution in [3.8, 4) is 0 Å². The number of hydrogen-bond donors (Lipinski definition) is 4. The molecule has 2 aliphatic carbocycles. The van der Waals surface area contributed by atoms with Crippen LogP contribution in [0.15, 0.2) is 302 Å². The molecule has 0 saturated heterocycles. The molecule has 0 aliphatic heterocycles. The molecule has 4 atom stereocenters. The van der Waals surface area contributed by atoms with Gasteiger partial charge in [-0.2, -0.15) is 4.58 Å². The molecule has 4 unspecified atom stereocenters. The maximum absolute atomic E-state index is 14.8. The number of nitrogens with zero attached hydrogens (tertiary/aromatic N) is 4. The summed E-state index contributed by atoms with van der Waals surface area (Å²) in [6.07, 6.45) is 20.1. The Labute approximate surface area is 785 Å². The SMILES string of the molecule is CCCCC(CC)C(=O)Cl.CCCCC(CC)C(=O)NC1=CC(=[N+](c2ccc(C)cc2)c2ccc(C)cc2)C=CC1=C1C(=O)C(c2ccc(N(c3ccc(C)cc3)c3ccc(C)cc3)cc2NC(=O)C(CC)CCCC)=C1[O-].CCCCC(CC)C(=O)Nc1cccc(N(c2ccc(C)cc2)c2ccc(C)cc2)c1.Cc1ccc(N(c2ccc(C)cc2)c2cccc(N)c2)cc1. The molecule has 131 heavy (non-hydrogen) atoms. The van der Waals surface area contributed by atoms with Crippen molar-refractivity contribution in [3.63, 3.8) is 0 Å². The fourth-order valence-corrected chi connectivity index (χ4v) is 16.4. The summed E-state index contributed by atoms with van der Waals surface area (Å²) in [5.41, 5.74) is 30.2. The molecule has 0 aromatic heterocycles. The van der Waals surface area contributed by atoms with Gasteiger partial charge in [-0.1, -0.05) is 272 Å². The first-order chi connectivity index (χ1) is 63.2. The van der Waals surface area contributed by atoms with Crippen LogP contribution in [-0.2, 0) is 24.0 Å². The van der Waals surface area contributed by atoms with E-state index in [2.05, 4.69) is 310 Å². The molecule has 0 saturated carbocycles. The summed E-state index contributed by atoms with van der Waals surface area (Å²) in [5.74, 6) is -1.40. The number of nitrogens with one attached hydrogen (secondary N) is 3. The number of unbranched alkanes of at least 4 members (excludes halogenated alkanes) is 4. The highest BCUT2D eigenvalue weighted by Gasteiger charge is 2.37. The van der Waals surface area contributed by atoms with Gasteiger partial charge in [0.05, 0.1) is 11.4 Å². The highest BCUT2D eigenvalue weighted by molar-refractivity contribution is 6.64. The smallest absolute Gasteiger partial charge is 0.227 e. The Hall–Kier alpha value is -12.9. The number of anilines is 12. The van der Waals surface area contributed by atoms with Crippen LogP contribution in [0, 0.1) is 79.1 Å². The summed E-state index contributed by atoms with van der Waals surface area (Å²) in [6.45, 7) is 33.2. The van der Waals surface area contributed by atoms with Gasteiger partial charge in [0, 0.05) is 145 Å². The zero-order valence-corrected chi connectivity index (χ0v) is 80.6. The molecule has 15 heteroatoms. The second kappa shape index (κ2) is 49.8. The molecule has 0 bridgehead atoms. The zero-order chi connectivity index (χ0) is 94.2. The second-order valence-corrected chi connectivity index (χ2v) is 35.2. The average Bonchev–Trinajstić information content (AvgIpc) is 0.728. The Bertz CT molecular complexity index is 5610. The van der Waals surface area contributed by atoms with Crippen LogP contribution in [0.5, 0.6) is 0 Å². The van der Waals surface area contributed by atoms with E-state index in [0.29, 0.717) is 35.4 Å². The number of halogens is 1. The van der Waals surface area contributed by atoms with Gasteiger partial charge in [-0.05, 0) is 246 Å². The molecular formula is C116H135ClN8O6. The fourth-order valence-electron chi connectivity index (χ4n) is 16.2. The molecule has 3 amide bonds. The van der Waals surface area contributed by atoms with Gasteiger partial charge in [0.25, 0.3) is 0 Å². The monoisotopic (exact) mass is 1770 g/mol. The molecule has 13 rings (SSSR count). The Morgan fingerprint density at radius 1 is 0.366 bits per heavy atom. The molecule has 0 spiro atoms. The molecule has 0 fully saturated rings. The molecule has 0 radical (unpaired) electrons. The zero-order valence-electron chi connectivity index (χ0n) is 79.9. The summed E-state index contributed by atoms with van der Waals surface area (Å²) in [6, 6.07) is 88.7. The maximum atomic E-state index is 14.8. The third kappa shape index (κ3) is 27.6. The third-order valence-electron chi connectivity index (χ3n) is 24.4. The standard InChI is InChI=1S/C60H66N4O4.C28H34N2O.C20H20N2.C8H15ClO/c1-9-13-15-43(11-3)59(67)61-53-37-49(63(45-25-17-39(5)18-26-45)46-27-19-40(6)20-28-46)33-35-51(53)55-57(65)56(58(55)66)52-36-34-50(38-54(52)62-60(68)44(12-4)16-14-10-2)64(47-29-21-41(7)22-30-47)48-31-23-42(8)24-32-48;1-5-7-9-23(6-2)28(31)29-24-10-8-11-27(20-24)30(25-16-12-21(3)13-17-25)26-18-14-22(4)15-19-26;1-15-6-10-18(11-7-15)22(19-12-8-16(2)9-13-19)20-5-3-4-17(21)14-20;1-3-5-6-7(4-2)8(9)10/h17-38,43-44H,9-16H2,1-8H3,(H2,61,62,65,66,67,68);8,10-20,23H,5-7,9H2,1-4H3,(H,29,31);3-14H,21H2,1-2H3;7H,3-6H2,1-2H3.